The Labute approximate surface area is 86.8 Å². The first-order chi connectivity index (χ1) is 6.65. The minimum atomic E-state index is 0.992. The summed E-state index contributed by atoms with van der Waals surface area (Å²) in [6, 6.07) is 6.52. The van der Waals surface area contributed by atoms with Gasteiger partial charge in [0.1, 0.15) is 0 Å². The molecule has 0 bridgehead atoms. The fraction of sp³-hybridized carbons (Fsp3) is 0.385. The maximum atomic E-state index is 4.12. The van der Waals surface area contributed by atoms with Crippen LogP contribution in [0.4, 0.5) is 0 Å². The molecule has 14 heavy (non-hydrogen) atoms. The van der Waals surface area contributed by atoms with Gasteiger partial charge in [0.15, 0.2) is 0 Å². The molecule has 0 aliphatic heterocycles. The second-order valence-electron chi connectivity index (χ2n) is 3.78. The van der Waals surface area contributed by atoms with Gasteiger partial charge in [-0.3, -0.25) is 0 Å². The van der Waals surface area contributed by atoms with Crippen LogP contribution in [0.3, 0.4) is 0 Å². The first kappa shape index (κ1) is 11.0. The van der Waals surface area contributed by atoms with E-state index in [1.165, 1.54) is 22.3 Å². The molecule has 0 spiro atoms. The lowest BCUT2D eigenvalue weighted by Crippen LogP contribution is -2.08. The van der Waals surface area contributed by atoms with Crippen molar-refractivity contribution in [3.63, 3.8) is 0 Å². The molecule has 0 heterocycles. The number of hydrogen-bond donors (Lipinski definition) is 1. The van der Waals surface area contributed by atoms with Gasteiger partial charge >= 0.3 is 0 Å². The van der Waals surface area contributed by atoms with Crippen LogP contribution in [0.5, 0.6) is 0 Å². The molecule has 1 nitrogen and oxygen atoms in total. The Bertz CT molecular complexity index is 326. The van der Waals surface area contributed by atoms with Gasteiger partial charge in [-0.2, -0.15) is 0 Å². The molecule has 0 saturated carbocycles. The number of benzene rings is 1. The number of rotatable bonds is 4. The summed E-state index contributed by atoms with van der Waals surface area (Å²) in [6.45, 7) is 9.37. The van der Waals surface area contributed by atoms with Crippen LogP contribution in [-0.4, -0.2) is 13.6 Å². The van der Waals surface area contributed by atoms with E-state index in [2.05, 4.69) is 43.9 Å². The van der Waals surface area contributed by atoms with Crippen molar-refractivity contribution in [2.45, 2.75) is 20.3 Å². The van der Waals surface area contributed by atoms with Crippen molar-refractivity contribution >= 4 is 5.57 Å². The van der Waals surface area contributed by atoms with Gasteiger partial charge < -0.3 is 5.32 Å². The maximum absolute atomic E-state index is 4.12. The van der Waals surface area contributed by atoms with Crippen LogP contribution in [0.25, 0.3) is 5.57 Å². The lowest BCUT2D eigenvalue weighted by molar-refractivity contribution is 0.816. The van der Waals surface area contributed by atoms with E-state index in [0.717, 1.165) is 13.0 Å². The summed E-state index contributed by atoms with van der Waals surface area (Å²) in [5.41, 5.74) is 5.15. The zero-order valence-corrected chi connectivity index (χ0v) is 9.35. The first-order valence-electron chi connectivity index (χ1n) is 5.05. The summed E-state index contributed by atoms with van der Waals surface area (Å²) < 4.78 is 0. The molecule has 0 amide bonds. The van der Waals surface area contributed by atoms with Gasteiger partial charge in [0.2, 0.25) is 0 Å². The van der Waals surface area contributed by atoms with Crippen molar-refractivity contribution < 1.29 is 0 Å². The Hall–Kier alpha value is -1.08. The minimum Gasteiger partial charge on any atom is -0.319 e. The maximum Gasteiger partial charge on any atom is -0.00114 e. The summed E-state index contributed by atoms with van der Waals surface area (Å²) in [7, 11) is 1.97. The normalized spacial score (nSPS) is 10.2. The van der Waals surface area contributed by atoms with Crippen LogP contribution < -0.4 is 5.32 Å². The molecule has 0 fully saturated rings. The Morgan fingerprint density at radius 1 is 1.36 bits per heavy atom. The molecule has 0 radical (unpaired) electrons. The zero-order chi connectivity index (χ0) is 10.6. The first-order valence-corrected chi connectivity index (χ1v) is 5.05. The Kier molecular flexibility index (Phi) is 3.90. The van der Waals surface area contributed by atoms with Crippen LogP contribution in [0.1, 0.15) is 23.1 Å². The highest BCUT2D eigenvalue weighted by molar-refractivity contribution is 5.66. The molecule has 0 atom stereocenters. The number of aryl methyl sites for hydroxylation is 2. The molecule has 0 aromatic heterocycles. The monoisotopic (exact) mass is 189 g/mol. The van der Waals surface area contributed by atoms with E-state index in [1.54, 1.807) is 0 Å². The van der Waals surface area contributed by atoms with Crippen molar-refractivity contribution in [1.82, 2.24) is 5.32 Å². The number of hydrogen-bond acceptors (Lipinski definition) is 1. The van der Waals surface area contributed by atoms with E-state index in [0.29, 0.717) is 0 Å². The molecule has 1 aromatic rings. The molecule has 0 unspecified atom stereocenters. The summed E-state index contributed by atoms with van der Waals surface area (Å²) >= 11 is 0. The average Bonchev–Trinajstić information content (AvgIpc) is 2.18. The molecule has 76 valence electrons. The molecule has 1 aromatic carbocycles. The summed E-state index contributed by atoms with van der Waals surface area (Å²) in [5, 5.41) is 3.14. The Morgan fingerprint density at radius 2 is 2.07 bits per heavy atom. The van der Waals surface area contributed by atoms with Crippen molar-refractivity contribution in [3.8, 4) is 0 Å². The lowest BCUT2D eigenvalue weighted by Gasteiger charge is -2.10. The van der Waals surface area contributed by atoms with Gasteiger partial charge in [-0.15, -0.1) is 0 Å². The van der Waals surface area contributed by atoms with Crippen molar-refractivity contribution in [2.75, 3.05) is 13.6 Å². The van der Waals surface area contributed by atoms with Crippen molar-refractivity contribution in [1.29, 1.82) is 0 Å². The Morgan fingerprint density at radius 3 is 2.71 bits per heavy atom. The highest BCUT2D eigenvalue weighted by Gasteiger charge is 2.02. The molecule has 1 N–H and O–H groups in total. The summed E-state index contributed by atoms with van der Waals surface area (Å²) in [5.74, 6) is 0. The van der Waals surface area contributed by atoms with Gasteiger partial charge in [0.05, 0.1) is 0 Å². The average molecular weight is 189 g/mol. The van der Waals surface area contributed by atoms with Crippen LogP contribution >= 0.6 is 0 Å². The molecule has 0 saturated heterocycles. The van der Waals surface area contributed by atoms with Crippen LogP contribution in [0.15, 0.2) is 24.8 Å². The van der Waals surface area contributed by atoms with Crippen molar-refractivity contribution in [3.05, 3.63) is 41.5 Å². The van der Waals surface area contributed by atoms with Crippen LogP contribution in [0.2, 0.25) is 0 Å². The zero-order valence-electron chi connectivity index (χ0n) is 9.35. The molecule has 1 heteroatoms. The lowest BCUT2D eigenvalue weighted by atomic mass is 9.97. The minimum absolute atomic E-state index is 0.992. The van der Waals surface area contributed by atoms with Crippen LogP contribution in [0, 0.1) is 13.8 Å². The van der Waals surface area contributed by atoms with Gasteiger partial charge in [0, 0.05) is 0 Å². The van der Waals surface area contributed by atoms with E-state index in [9.17, 15) is 0 Å². The standard InChI is InChI=1S/C13H19N/c1-10-5-6-11(2)13(9-10)12(3)7-8-14-4/h5-6,9,14H,3,7-8H2,1-2,4H3. The van der Waals surface area contributed by atoms with Gasteiger partial charge in [0.25, 0.3) is 0 Å². The van der Waals surface area contributed by atoms with Gasteiger partial charge in [-0.05, 0) is 50.6 Å². The fourth-order valence-electron chi connectivity index (χ4n) is 1.53. The third-order valence-electron chi connectivity index (χ3n) is 2.45. The van der Waals surface area contributed by atoms with Gasteiger partial charge in [-0.1, -0.05) is 30.3 Å². The van der Waals surface area contributed by atoms with Crippen molar-refractivity contribution in [2.24, 2.45) is 0 Å². The molecular formula is C13H19N. The smallest absolute Gasteiger partial charge is 0.00114 e. The number of nitrogens with one attached hydrogen (secondary N) is 1. The molecular weight excluding hydrogens is 170 g/mol. The molecule has 0 aliphatic rings. The highest BCUT2D eigenvalue weighted by atomic mass is 14.8. The second-order valence-corrected chi connectivity index (χ2v) is 3.78. The fourth-order valence-corrected chi connectivity index (χ4v) is 1.53. The van der Waals surface area contributed by atoms with E-state index >= 15 is 0 Å². The topological polar surface area (TPSA) is 12.0 Å². The predicted octanol–water partition coefficient (Wildman–Crippen LogP) is 2.93. The SMILES string of the molecule is C=C(CCNC)c1cc(C)ccc1C. The van der Waals surface area contributed by atoms with E-state index < -0.39 is 0 Å². The van der Waals surface area contributed by atoms with Crippen LogP contribution in [-0.2, 0) is 0 Å². The van der Waals surface area contributed by atoms with E-state index in [-0.39, 0.29) is 0 Å². The Balaban J connectivity index is 2.83. The highest BCUT2D eigenvalue weighted by Crippen LogP contribution is 2.20. The third-order valence-corrected chi connectivity index (χ3v) is 2.45. The third kappa shape index (κ3) is 2.71. The second kappa shape index (κ2) is 4.97. The van der Waals surface area contributed by atoms with E-state index in [4.69, 9.17) is 0 Å². The molecule has 1 rings (SSSR count). The van der Waals surface area contributed by atoms with E-state index in [1.807, 2.05) is 7.05 Å². The summed E-state index contributed by atoms with van der Waals surface area (Å²) in [6.07, 6.45) is 1.01. The van der Waals surface area contributed by atoms with Gasteiger partial charge in [-0.25, -0.2) is 0 Å². The molecule has 0 aliphatic carbocycles. The largest absolute Gasteiger partial charge is 0.319 e. The predicted molar refractivity (Wildman–Crippen MR) is 63.5 cm³/mol. The quantitative estimate of drug-likeness (QED) is 0.768. The summed E-state index contributed by atoms with van der Waals surface area (Å²) in [4.78, 5) is 0.